The molecule has 1 saturated heterocycles. The highest BCUT2D eigenvalue weighted by Crippen LogP contribution is 2.35. The number of thioether (sulfide) groups is 1. The maximum Gasteiger partial charge on any atom is 0.155 e. The number of hydrogen-bond donors (Lipinski definition) is 2. The number of nitrogens with zero attached hydrogens (tertiary/aromatic N) is 2. The van der Waals surface area contributed by atoms with E-state index >= 15 is 0 Å². The SMILES string of the molecule is CSC1(C(N)=NO)CCN(Cc2cc(F)ccc2Br)CC1. The van der Waals surface area contributed by atoms with Gasteiger partial charge in [0, 0.05) is 24.1 Å². The second-order valence-corrected chi connectivity index (χ2v) is 7.24. The number of rotatable bonds is 4. The van der Waals surface area contributed by atoms with Gasteiger partial charge in [0.25, 0.3) is 0 Å². The summed E-state index contributed by atoms with van der Waals surface area (Å²) in [6.45, 7) is 2.36. The molecule has 0 spiro atoms. The maximum atomic E-state index is 13.3. The molecule has 1 heterocycles. The lowest BCUT2D eigenvalue weighted by molar-refractivity contribution is 0.209. The van der Waals surface area contributed by atoms with Crippen molar-refractivity contribution in [3.8, 4) is 0 Å². The van der Waals surface area contributed by atoms with Gasteiger partial charge in [-0.25, -0.2) is 4.39 Å². The van der Waals surface area contributed by atoms with Gasteiger partial charge in [-0.3, -0.25) is 4.90 Å². The molecule has 21 heavy (non-hydrogen) atoms. The smallest absolute Gasteiger partial charge is 0.155 e. The lowest BCUT2D eigenvalue weighted by atomic mass is 9.94. The van der Waals surface area contributed by atoms with Crippen molar-refractivity contribution in [3.63, 3.8) is 0 Å². The minimum atomic E-state index is -0.287. The van der Waals surface area contributed by atoms with Crippen molar-refractivity contribution < 1.29 is 9.60 Å². The van der Waals surface area contributed by atoms with E-state index in [1.807, 2.05) is 6.26 Å². The molecule has 1 fully saturated rings. The van der Waals surface area contributed by atoms with E-state index in [1.54, 1.807) is 23.9 Å². The van der Waals surface area contributed by atoms with E-state index in [-0.39, 0.29) is 10.6 Å². The van der Waals surface area contributed by atoms with Crippen LogP contribution in [0.2, 0.25) is 0 Å². The van der Waals surface area contributed by atoms with Crippen LogP contribution < -0.4 is 5.73 Å². The van der Waals surface area contributed by atoms with Crippen molar-refractivity contribution in [2.75, 3.05) is 19.3 Å². The number of halogens is 2. The zero-order chi connectivity index (χ0) is 15.5. The van der Waals surface area contributed by atoms with Crippen LogP contribution in [0.5, 0.6) is 0 Å². The van der Waals surface area contributed by atoms with E-state index in [9.17, 15) is 4.39 Å². The fraction of sp³-hybridized carbons (Fsp3) is 0.500. The van der Waals surface area contributed by atoms with E-state index in [1.165, 1.54) is 6.07 Å². The van der Waals surface area contributed by atoms with Crippen LogP contribution in [0.25, 0.3) is 0 Å². The standard InChI is InChI=1S/C14H19BrFN3OS/c1-21-14(13(17)18-20)4-6-19(7-5-14)9-10-8-11(16)2-3-12(10)15/h2-3,8,20H,4-7,9H2,1H3,(H2,17,18). The third-order valence-corrected chi connectivity index (χ3v) is 6.20. The molecule has 0 bridgehead atoms. The van der Waals surface area contributed by atoms with Crippen LogP contribution in [0.4, 0.5) is 4.39 Å². The molecule has 0 unspecified atom stereocenters. The third-order valence-electron chi connectivity index (χ3n) is 4.03. The van der Waals surface area contributed by atoms with E-state index in [0.717, 1.165) is 36.0 Å². The van der Waals surface area contributed by atoms with Crippen LogP contribution in [-0.4, -0.2) is 40.0 Å². The molecule has 1 aromatic rings. The lowest BCUT2D eigenvalue weighted by Crippen LogP contribution is -2.49. The molecule has 0 aliphatic carbocycles. The summed E-state index contributed by atoms with van der Waals surface area (Å²) in [5, 5.41) is 12.1. The highest BCUT2D eigenvalue weighted by molar-refractivity contribution is 9.10. The average Bonchev–Trinajstić information content (AvgIpc) is 2.51. The van der Waals surface area contributed by atoms with E-state index in [2.05, 4.69) is 26.0 Å². The topological polar surface area (TPSA) is 61.9 Å². The first-order valence-corrected chi connectivity index (χ1v) is 8.72. The largest absolute Gasteiger partial charge is 0.409 e. The summed E-state index contributed by atoms with van der Waals surface area (Å²) < 4.78 is 14.0. The van der Waals surface area contributed by atoms with Gasteiger partial charge in [0.15, 0.2) is 5.84 Å². The highest BCUT2D eigenvalue weighted by atomic mass is 79.9. The molecule has 4 nitrogen and oxygen atoms in total. The number of hydrogen-bond acceptors (Lipinski definition) is 4. The molecule has 7 heteroatoms. The monoisotopic (exact) mass is 375 g/mol. The summed E-state index contributed by atoms with van der Waals surface area (Å²) in [6.07, 6.45) is 3.62. The van der Waals surface area contributed by atoms with Crippen LogP contribution in [0.15, 0.2) is 27.8 Å². The molecule has 1 aromatic carbocycles. The Bertz CT molecular complexity index is 533. The van der Waals surface area contributed by atoms with Gasteiger partial charge < -0.3 is 10.9 Å². The van der Waals surface area contributed by atoms with Crippen LogP contribution in [0, 0.1) is 5.82 Å². The summed E-state index contributed by atoms with van der Waals surface area (Å²) in [7, 11) is 0. The molecular formula is C14H19BrFN3OS. The Labute approximate surface area is 136 Å². The van der Waals surface area contributed by atoms with E-state index in [4.69, 9.17) is 10.9 Å². The van der Waals surface area contributed by atoms with Gasteiger partial charge >= 0.3 is 0 Å². The quantitative estimate of drug-likeness (QED) is 0.367. The predicted molar refractivity (Wildman–Crippen MR) is 88.3 cm³/mol. The van der Waals surface area contributed by atoms with Crippen molar-refractivity contribution in [1.82, 2.24) is 4.90 Å². The first-order chi connectivity index (χ1) is 10.0. The minimum Gasteiger partial charge on any atom is -0.409 e. The number of amidine groups is 1. The molecule has 1 aliphatic rings. The number of likely N-dealkylation sites (tertiary alicyclic amines) is 1. The first-order valence-electron chi connectivity index (χ1n) is 6.70. The first kappa shape index (κ1) is 16.6. The molecule has 0 aromatic heterocycles. The molecule has 3 N–H and O–H groups in total. The number of oxime groups is 1. The van der Waals surface area contributed by atoms with Crippen LogP contribution in [0.1, 0.15) is 18.4 Å². The fourth-order valence-electron chi connectivity index (χ4n) is 2.63. The summed E-state index contributed by atoms with van der Waals surface area (Å²) >= 11 is 5.09. The Balaban J connectivity index is 2.03. The second-order valence-electron chi connectivity index (χ2n) is 5.20. The molecule has 2 rings (SSSR count). The summed E-state index contributed by atoms with van der Waals surface area (Å²) in [6, 6.07) is 4.74. The number of nitrogens with two attached hydrogens (primary N) is 1. The van der Waals surface area contributed by atoms with E-state index in [0.29, 0.717) is 12.4 Å². The fourth-order valence-corrected chi connectivity index (χ4v) is 3.85. The summed E-state index contributed by atoms with van der Waals surface area (Å²) in [5.41, 5.74) is 6.78. The highest BCUT2D eigenvalue weighted by Gasteiger charge is 2.38. The van der Waals surface area contributed by atoms with Crippen LogP contribution in [-0.2, 0) is 6.54 Å². The Morgan fingerprint density at radius 2 is 2.19 bits per heavy atom. The molecule has 0 atom stereocenters. The molecule has 0 radical (unpaired) electrons. The molecule has 0 saturated carbocycles. The van der Waals surface area contributed by atoms with Crippen molar-refractivity contribution in [2.45, 2.75) is 24.1 Å². The van der Waals surface area contributed by atoms with Gasteiger partial charge in [-0.15, -0.1) is 0 Å². The lowest BCUT2D eigenvalue weighted by Gasteiger charge is -2.39. The molecule has 116 valence electrons. The predicted octanol–water partition coefficient (Wildman–Crippen LogP) is 3.03. The van der Waals surface area contributed by atoms with Gasteiger partial charge in [-0.1, -0.05) is 21.1 Å². The van der Waals surface area contributed by atoms with Gasteiger partial charge in [-0.2, -0.15) is 11.8 Å². The summed E-state index contributed by atoms with van der Waals surface area (Å²) in [5.74, 6) is 0.0712. The Morgan fingerprint density at radius 1 is 1.52 bits per heavy atom. The normalized spacial score (nSPS) is 19.7. The van der Waals surface area contributed by atoms with Crippen molar-refractivity contribution >= 4 is 33.5 Å². The number of benzene rings is 1. The zero-order valence-corrected chi connectivity index (χ0v) is 14.3. The van der Waals surface area contributed by atoms with Gasteiger partial charge in [-0.05, 0) is 42.9 Å². The van der Waals surface area contributed by atoms with Gasteiger partial charge in [0.2, 0.25) is 0 Å². The summed E-state index contributed by atoms with van der Waals surface area (Å²) in [4.78, 5) is 2.26. The van der Waals surface area contributed by atoms with Crippen molar-refractivity contribution in [2.24, 2.45) is 10.9 Å². The molecule has 1 aliphatic heterocycles. The van der Waals surface area contributed by atoms with Gasteiger partial charge in [0.1, 0.15) is 5.82 Å². The van der Waals surface area contributed by atoms with Crippen LogP contribution >= 0.6 is 27.7 Å². The average molecular weight is 376 g/mol. The Kier molecular flexibility index (Phi) is 5.51. The maximum absolute atomic E-state index is 13.3. The Hall–Kier alpha value is -0.790. The zero-order valence-electron chi connectivity index (χ0n) is 11.9. The van der Waals surface area contributed by atoms with Crippen molar-refractivity contribution in [1.29, 1.82) is 0 Å². The van der Waals surface area contributed by atoms with Crippen LogP contribution in [0.3, 0.4) is 0 Å². The number of piperidine rings is 1. The minimum absolute atomic E-state index is 0.222. The van der Waals surface area contributed by atoms with Gasteiger partial charge in [0.05, 0.1) is 4.75 Å². The van der Waals surface area contributed by atoms with E-state index < -0.39 is 0 Å². The molecular weight excluding hydrogens is 357 g/mol. The Morgan fingerprint density at radius 3 is 2.76 bits per heavy atom. The van der Waals surface area contributed by atoms with Crippen molar-refractivity contribution in [3.05, 3.63) is 34.1 Å². The molecule has 0 amide bonds. The second kappa shape index (κ2) is 6.98. The third kappa shape index (κ3) is 3.70.